The Kier molecular flexibility index (Phi) is 7.45. The molecule has 8 heteroatoms. The predicted octanol–water partition coefficient (Wildman–Crippen LogP) is 4.20. The maximum absolute atomic E-state index is 13.7. The average Bonchev–Trinajstić information content (AvgIpc) is 3.16. The van der Waals surface area contributed by atoms with E-state index in [1.54, 1.807) is 31.2 Å². The van der Waals surface area contributed by atoms with Crippen molar-refractivity contribution in [2.75, 3.05) is 6.54 Å². The summed E-state index contributed by atoms with van der Waals surface area (Å²) in [7, 11) is 0. The molecule has 3 aliphatic carbocycles. The molecule has 0 aromatic heterocycles. The first-order valence-electron chi connectivity index (χ1n) is 13.8. The van der Waals surface area contributed by atoms with E-state index in [-0.39, 0.29) is 48.5 Å². The second-order valence-electron chi connectivity index (χ2n) is 11.1. The lowest BCUT2D eigenvalue weighted by Crippen LogP contribution is -2.40. The van der Waals surface area contributed by atoms with E-state index >= 15 is 0 Å². The standard InChI is InChI=1S/C32H33NO7/c1-3-8-18-9-7-10-20(30(18)38)26-19-12-13-21-27(22(19)16-23-24(34)15-17(2)29(37)28(23)26)32(40)33(31(21)39)14-6-4-5-11-25(35)36/h3,7,9-10,12,15,21-22,26-27,38H,1,4-6,8,11,13-14,16H2,2H3,(H,35,36)/t21-,22+,26+,27-/m0/s1. The number of fused-ring (bicyclic) bond motifs is 3. The first-order valence-corrected chi connectivity index (χ1v) is 13.8. The second-order valence-corrected chi connectivity index (χ2v) is 11.1. The van der Waals surface area contributed by atoms with Crippen LogP contribution in [0.25, 0.3) is 0 Å². The van der Waals surface area contributed by atoms with Crippen molar-refractivity contribution in [2.24, 2.45) is 17.8 Å². The van der Waals surface area contributed by atoms with Crippen LogP contribution >= 0.6 is 0 Å². The maximum Gasteiger partial charge on any atom is 0.303 e. The summed E-state index contributed by atoms with van der Waals surface area (Å²) in [4.78, 5) is 66.0. The van der Waals surface area contributed by atoms with E-state index < -0.39 is 29.6 Å². The molecule has 1 aromatic carbocycles. The van der Waals surface area contributed by atoms with E-state index in [1.807, 2.05) is 6.08 Å². The molecule has 40 heavy (non-hydrogen) atoms. The van der Waals surface area contributed by atoms with Gasteiger partial charge < -0.3 is 10.2 Å². The molecule has 0 unspecified atom stereocenters. The van der Waals surface area contributed by atoms with E-state index in [2.05, 4.69) is 6.58 Å². The van der Waals surface area contributed by atoms with Gasteiger partial charge >= 0.3 is 5.97 Å². The Hall–Kier alpha value is -4.07. The van der Waals surface area contributed by atoms with Gasteiger partial charge in [-0.1, -0.05) is 42.3 Å². The van der Waals surface area contributed by atoms with Crippen LogP contribution in [-0.4, -0.2) is 51.0 Å². The van der Waals surface area contributed by atoms with Gasteiger partial charge in [0.1, 0.15) is 5.75 Å². The number of benzene rings is 1. The van der Waals surface area contributed by atoms with Crippen molar-refractivity contribution in [1.82, 2.24) is 4.90 Å². The van der Waals surface area contributed by atoms with Crippen molar-refractivity contribution in [3.63, 3.8) is 0 Å². The van der Waals surface area contributed by atoms with Gasteiger partial charge in [-0.2, -0.15) is 0 Å². The lowest BCUT2D eigenvalue weighted by Gasteiger charge is -2.42. The number of phenolic OH excluding ortho intramolecular Hbond substituents is 1. The van der Waals surface area contributed by atoms with E-state index in [0.717, 1.165) is 5.57 Å². The van der Waals surface area contributed by atoms with Crippen molar-refractivity contribution in [3.8, 4) is 5.75 Å². The number of carbonyl (C=O) groups excluding carboxylic acids is 4. The van der Waals surface area contributed by atoms with Crippen molar-refractivity contribution >= 4 is 29.4 Å². The SMILES string of the molecule is C=CCc1cccc([C@H]2C3=CC[C@@H]4C(=O)N(CCCCCC(=O)O)C(=O)[C@@H]4[C@@H]3CC3=C2C(=O)C(C)=CC3=O)c1O. The fourth-order valence-electron chi connectivity index (χ4n) is 6.89. The van der Waals surface area contributed by atoms with E-state index in [4.69, 9.17) is 5.11 Å². The van der Waals surface area contributed by atoms with Gasteiger partial charge in [0.05, 0.1) is 11.8 Å². The van der Waals surface area contributed by atoms with E-state index in [1.165, 1.54) is 11.0 Å². The molecule has 1 fully saturated rings. The molecule has 0 radical (unpaired) electrons. The molecular weight excluding hydrogens is 510 g/mol. The molecule has 1 aromatic rings. The lowest BCUT2D eigenvalue weighted by molar-refractivity contribution is -0.141. The number of unbranched alkanes of at least 4 members (excludes halogenated alkanes) is 2. The van der Waals surface area contributed by atoms with Crippen LogP contribution in [0.3, 0.4) is 0 Å². The Labute approximate surface area is 232 Å². The van der Waals surface area contributed by atoms with Gasteiger partial charge in [-0.05, 0) is 56.6 Å². The van der Waals surface area contributed by atoms with Gasteiger partial charge in [0.15, 0.2) is 11.6 Å². The molecule has 4 aliphatic rings. The number of ketones is 2. The molecule has 0 saturated carbocycles. The first-order chi connectivity index (χ1) is 19.1. The zero-order chi connectivity index (χ0) is 28.7. The predicted molar refractivity (Wildman–Crippen MR) is 146 cm³/mol. The number of carboxylic acid groups (broad SMARTS) is 1. The van der Waals surface area contributed by atoms with Gasteiger partial charge in [0.2, 0.25) is 11.8 Å². The molecule has 1 aliphatic heterocycles. The van der Waals surface area contributed by atoms with Crippen molar-refractivity contribution in [1.29, 1.82) is 0 Å². The summed E-state index contributed by atoms with van der Waals surface area (Å²) in [6.07, 6.45) is 7.53. The minimum atomic E-state index is -0.875. The van der Waals surface area contributed by atoms with Crippen LogP contribution < -0.4 is 0 Å². The summed E-state index contributed by atoms with van der Waals surface area (Å²) in [5.41, 5.74) is 2.99. The number of imide groups is 1. The number of amides is 2. The number of nitrogens with zero attached hydrogens (tertiary/aromatic N) is 1. The van der Waals surface area contributed by atoms with Crippen LogP contribution in [-0.2, 0) is 30.4 Å². The fourth-order valence-corrected chi connectivity index (χ4v) is 6.89. The third-order valence-corrected chi connectivity index (χ3v) is 8.75. The number of phenols is 1. The van der Waals surface area contributed by atoms with Crippen LogP contribution in [0.1, 0.15) is 62.5 Å². The molecule has 2 amide bonds. The molecule has 1 saturated heterocycles. The highest BCUT2D eigenvalue weighted by Gasteiger charge is 2.56. The average molecular weight is 544 g/mol. The lowest BCUT2D eigenvalue weighted by atomic mass is 9.59. The minimum Gasteiger partial charge on any atom is -0.507 e. The summed E-state index contributed by atoms with van der Waals surface area (Å²) in [5, 5.41) is 20.2. The summed E-state index contributed by atoms with van der Waals surface area (Å²) < 4.78 is 0. The third kappa shape index (κ3) is 4.55. The Bertz CT molecular complexity index is 1430. The maximum atomic E-state index is 13.7. The molecule has 5 rings (SSSR count). The molecule has 2 N–H and O–H groups in total. The Morgan fingerprint density at radius 3 is 2.60 bits per heavy atom. The van der Waals surface area contributed by atoms with Crippen LogP contribution in [0, 0.1) is 17.8 Å². The smallest absolute Gasteiger partial charge is 0.303 e. The molecular formula is C32H33NO7. The molecule has 4 atom stereocenters. The van der Waals surface area contributed by atoms with Crippen LogP contribution in [0.5, 0.6) is 5.75 Å². The molecule has 0 bridgehead atoms. The number of hydrogen-bond donors (Lipinski definition) is 2. The quantitative estimate of drug-likeness (QED) is 0.207. The second kappa shape index (κ2) is 10.8. The minimum absolute atomic E-state index is 0.0344. The summed E-state index contributed by atoms with van der Waals surface area (Å²) in [6, 6.07) is 5.34. The highest BCUT2D eigenvalue weighted by molar-refractivity contribution is 6.24. The summed E-state index contributed by atoms with van der Waals surface area (Å²) in [6.45, 7) is 5.60. The first kappa shape index (κ1) is 27.5. The number of carboxylic acids is 1. The Balaban J connectivity index is 1.53. The van der Waals surface area contributed by atoms with Crippen molar-refractivity contribution < 1.29 is 34.2 Å². The molecule has 0 spiro atoms. The number of para-hydroxylation sites is 1. The number of carbonyl (C=O) groups is 5. The van der Waals surface area contributed by atoms with Gasteiger partial charge in [-0.25, -0.2) is 0 Å². The number of likely N-dealkylation sites (tertiary alicyclic amines) is 1. The van der Waals surface area contributed by atoms with Gasteiger partial charge in [-0.3, -0.25) is 28.9 Å². The summed E-state index contributed by atoms with van der Waals surface area (Å²) >= 11 is 0. The topological polar surface area (TPSA) is 129 Å². The Morgan fingerprint density at radius 1 is 1.10 bits per heavy atom. The van der Waals surface area contributed by atoms with Crippen LogP contribution in [0.4, 0.5) is 0 Å². The largest absolute Gasteiger partial charge is 0.507 e. The monoisotopic (exact) mass is 543 g/mol. The van der Waals surface area contributed by atoms with Gasteiger partial charge in [0, 0.05) is 41.2 Å². The van der Waals surface area contributed by atoms with E-state index in [0.29, 0.717) is 60.0 Å². The van der Waals surface area contributed by atoms with Gasteiger partial charge in [-0.15, -0.1) is 6.58 Å². The van der Waals surface area contributed by atoms with Crippen molar-refractivity contribution in [2.45, 2.75) is 57.8 Å². The number of aromatic hydroxyl groups is 1. The third-order valence-electron chi connectivity index (χ3n) is 8.75. The highest BCUT2D eigenvalue weighted by atomic mass is 16.4. The fraction of sp³-hybridized carbons (Fsp3) is 0.406. The molecule has 8 nitrogen and oxygen atoms in total. The van der Waals surface area contributed by atoms with Crippen molar-refractivity contribution in [3.05, 3.63) is 76.4 Å². The number of hydrogen-bond acceptors (Lipinski definition) is 6. The van der Waals surface area contributed by atoms with Crippen LogP contribution in [0.15, 0.2) is 65.3 Å². The number of rotatable bonds is 9. The summed E-state index contributed by atoms with van der Waals surface area (Å²) in [5.74, 6) is -4.23. The zero-order valence-electron chi connectivity index (χ0n) is 22.5. The Morgan fingerprint density at radius 2 is 1.88 bits per heavy atom. The zero-order valence-corrected chi connectivity index (χ0v) is 22.5. The number of Topliss-reactive ketones (excluding diaryl/α,β-unsaturated/α-hetero) is 1. The normalized spacial score (nSPS) is 25.8. The van der Waals surface area contributed by atoms with E-state index in [9.17, 15) is 29.1 Å². The molecule has 1 heterocycles. The number of allylic oxidation sites excluding steroid dienone is 7. The van der Waals surface area contributed by atoms with Crippen LogP contribution in [0.2, 0.25) is 0 Å². The highest BCUT2D eigenvalue weighted by Crippen LogP contribution is 2.56. The number of aliphatic carboxylic acids is 1. The van der Waals surface area contributed by atoms with Gasteiger partial charge in [0.25, 0.3) is 0 Å². The molecule has 208 valence electrons.